The van der Waals surface area contributed by atoms with E-state index in [-0.39, 0.29) is 5.70 Å². The number of hydrogen-bond acceptors (Lipinski definition) is 5. The van der Waals surface area contributed by atoms with E-state index in [2.05, 4.69) is 4.98 Å². The molecule has 0 atom stereocenters. The lowest BCUT2D eigenvalue weighted by molar-refractivity contribution is -0.422. The number of aromatic nitrogens is 1. The molecular formula is C14H10N2O3S. The maximum atomic E-state index is 10.6. The van der Waals surface area contributed by atoms with Gasteiger partial charge < -0.3 is 4.42 Å². The molecule has 6 heteroatoms. The van der Waals surface area contributed by atoms with Gasteiger partial charge in [0.25, 0.3) is 0 Å². The molecule has 0 unspecified atom stereocenters. The highest BCUT2D eigenvalue weighted by molar-refractivity contribution is 7.21. The summed E-state index contributed by atoms with van der Waals surface area (Å²) < 4.78 is 6.67. The molecule has 0 fully saturated rings. The number of nitrogens with zero attached hydrogens (tertiary/aromatic N) is 2. The van der Waals surface area contributed by atoms with E-state index in [4.69, 9.17) is 4.42 Å². The Morgan fingerprint density at radius 3 is 2.90 bits per heavy atom. The molecule has 0 saturated heterocycles. The minimum absolute atomic E-state index is 0.0372. The van der Waals surface area contributed by atoms with E-state index in [0.29, 0.717) is 11.5 Å². The van der Waals surface area contributed by atoms with E-state index in [0.717, 1.165) is 15.2 Å². The lowest BCUT2D eigenvalue weighted by Gasteiger charge is -1.89. The van der Waals surface area contributed by atoms with Crippen LogP contribution in [0.1, 0.15) is 12.7 Å². The average Bonchev–Trinajstić information content (AvgIpc) is 3.03. The van der Waals surface area contributed by atoms with Crippen LogP contribution in [0, 0.1) is 10.1 Å². The van der Waals surface area contributed by atoms with Gasteiger partial charge in [-0.3, -0.25) is 10.1 Å². The zero-order chi connectivity index (χ0) is 14.1. The summed E-state index contributed by atoms with van der Waals surface area (Å²) in [5, 5.41) is 11.4. The standard InChI is InChI=1S/C14H10N2O3S/c1-9(16(17)18)8-10-6-7-12(19-10)14-15-11-4-2-3-5-13(11)20-14/h2-8H,1H3. The molecule has 0 N–H and O–H groups in total. The Morgan fingerprint density at radius 2 is 2.15 bits per heavy atom. The second kappa shape index (κ2) is 4.90. The highest BCUT2D eigenvalue weighted by Gasteiger charge is 2.11. The quantitative estimate of drug-likeness (QED) is 0.534. The SMILES string of the molecule is CC(=Cc1ccc(-c2nc3ccccc3s2)o1)[N+](=O)[O-]. The van der Waals surface area contributed by atoms with E-state index < -0.39 is 4.92 Å². The minimum atomic E-state index is -0.445. The van der Waals surface area contributed by atoms with E-state index in [9.17, 15) is 10.1 Å². The molecule has 2 heterocycles. The van der Waals surface area contributed by atoms with Crippen LogP contribution < -0.4 is 0 Å². The van der Waals surface area contributed by atoms with Crippen LogP contribution in [0.3, 0.4) is 0 Å². The summed E-state index contributed by atoms with van der Waals surface area (Å²) in [4.78, 5) is 14.6. The highest BCUT2D eigenvalue weighted by atomic mass is 32.1. The van der Waals surface area contributed by atoms with Gasteiger partial charge in [0.1, 0.15) is 5.76 Å². The molecule has 0 spiro atoms. The third-order valence-corrected chi connectivity index (χ3v) is 3.82. The molecule has 0 bridgehead atoms. The monoisotopic (exact) mass is 286 g/mol. The first-order valence-corrected chi connectivity index (χ1v) is 6.73. The molecule has 20 heavy (non-hydrogen) atoms. The zero-order valence-corrected chi connectivity index (χ0v) is 11.4. The Balaban J connectivity index is 1.97. The highest BCUT2D eigenvalue weighted by Crippen LogP contribution is 2.31. The van der Waals surface area contributed by atoms with Crippen LogP contribution in [0.25, 0.3) is 27.1 Å². The Bertz CT molecular complexity index is 784. The van der Waals surface area contributed by atoms with E-state index >= 15 is 0 Å². The van der Waals surface area contributed by atoms with Crippen molar-refractivity contribution in [2.45, 2.75) is 6.92 Å². The summed E-state index contributed by atoms with van der Waals surface area (Å²) in [5.74, 6) is 1.07. The zero-order valence-electron chi connectivity index (χ0n) is 10.6. The fourth-order valence-corrected chi connectivity index (χ4v) is 2.71. The Morgan fingerprint density at radius 1 is 1.35 bits per heavy atom. The molecule has 0 saturated carbocycles. The predicted molar refractivity (Wildman–Crippen MR) is 78.0 cm³/mol. The topological polar surface area (TPSA) is 69.2 Å². The van der Waals surface area contributed by atoms with Crippen molar-refractivity contribution in [3.8, 4) is 10.8 Å². The number of para-hydroxylation sites is 1. The van der Waals surface area contributed by atoms with Crippen molar-refractivity contribution in [2.75, 3.05) is 0 Å². The van der Waals surface area contributed by atoms with Gasteiger partial charge in [-0.2, -0.15) is 0 Å². The number of fused-ring (bicyclic) bond motifs is 1. The van der Waals surface area contributed by atoms with Gasteiger partial charge in [-0.05, 0) is 24.3 Å². The van der Waals surface area contributed by atoms with E-state index in [1.807, 2.05) is 24.3 Å². The van der Waals surface area contributed by atoms with Gasteiger partial charge in [0.05, 0.1) is 21.2 Å². The Labute approximate surface area is 118 Å². The lowest BCUT2D eigenvalue weighted by Crippen LogP contribution is -1.92. The molecule has 100 valence electrons. The second-order valence-electron chi connectivity index (χ2n) is 4.23. The van der Waals surface area contributed by atoms with E-state index in [1.165, 1.54) is 24.3 Å². The van der Waals surface area contributed by atoms with Gasteiger partial charge in [-0.15, -0.1) is 11.3 Å². The number of thiazole rings is 1. The number of rotatable bonds is 3. The van der Waals surface area contributed by atoms with Gasteiger partial charge in [0.15, 0.2) is 10.8 Å². The number of nitro groups is 1. The fraction of sp³-hybridized carbons (Fsp3) is 0.0714. The third kappa shape index (κ3) is 2.33. The molecular weight excluding hydrogens is 276 g/mol. The van der Waals surface area contributed by atoms with Crippen LogP contribution in [0.4, 0.5) is 0 Å². The van der Waals surface area contributed by atoms with Crippen LogP contribution in [-0.4, -0.2) is 9.91 Å². The van der Waals surface area contributed by atoms with Crippen LogP contribution in [0.5, 0.6) is 0 Å². The Hall–Kier alpha value is -2.47. The molecule has 3 aromatic rings. The van der Waals surface area contributed by atoms with Crippen molar-refractivity contribution in [1.82, 2.24) is 4.98 Å². The number of hydrogen-bond donors (Lipinski definition) is 0. The van der Waals surface area contributed by atoms with Crippen LogP contribution >= 0.6 is 11.3 Å². The first-order chi connectivity index (χ1) is 9.63. The maximum absolute atomic E-state index is 10.6. The summed E-state index contributed by atoms with van der Waals surface area (Å²) >= 11 is 1.53. The second-order valence-corrected chi connectivity index (χ2v) is 5.26. The predicted octanol–water partition coefficient (Wildman–Crippen LogP) is 4.19. The van der Waals surface area contributed by atoms with Crippen molar-refractivity contribution in [3.63, 3.8) is 0 Å². The number of furan rings is 1. The summed E-state index contributed by atoms with van der Waals surface area (Å²) in [7, 11) is 0. The van der Waals surface area contributed by atoms with Crippen LogP contribution in [0.2, 0.25) is 0 Å². The van der Waals surface area contributed by atoms with Gasteiger partial charge in [0, 0.05) is 6.92 Å². The van der Waals surface area contributed by atoms with Crippen molar-refractivity contribution in [1.29, 1.82) is 0 Å². The molecule has 0 aliphatic carbocycles. The first kappa shape index (κ1) is 12.6. The summed E-state index contributed by atoms with van der Waals surface area (Å²) in [6.45, 7) is 1.43. The minimum Gasteiger partial charge on any atom is -0.454 e. The van der Waals surface area contributed by atoms with Crippen molar-refractivity contribution >= 4 is 27.6 Å². The smallest absolute Gasteiger partial charge is 0.246 e. The van der Waals surface area contributed by atoms with Crippen molar-refractivity contribution in [2.24, 2.45) is 0 Å². The molecule has 1 aromatic carbocycles. The molecule has 0 aliphatic rings. The van der Waals surface area contributed by atoms with Gasteiger partial charge >= 0.3 is 0 Å². The lowest BCUT2D eigenvalue weighted by atomic mass is 10.3. The normalized spacial score (nSPS) is 11.9. The molecule has 5 nitrogen and oxygen atoms in total. The fourth-order valence-electron chi connectivity index (χ4n) is 1.78. The molecule has 2 aromatic heterocycles. The molecule has 0 aliphatic heterocycles. The van der Waals surface area contributed by atoms with Crippen molar-refractivity contribution < 1.29 is 9.34 Å². The molecule has 0 radical (unpaired) electrons. The molecule has 0 amide bonds. The van der Waals surface area contributed by atoms with Crippen LogP contribution in [-0.2, 0) is 0 Å². The van der Waals surface area contributed by atoms with Gasteiger partial charge in [-0.25, -0.2) is 4.98 Å². The average molecular weight is 286 g/mol. The van der Waals surface area contributed by atoms with Crippen LogP contribution in [0.15, 0.2) is 46.5 Å². The first-order valence-electron chi connectivity index (χ1n) is 5.92. The largest absolute Gasteiger partial charge is 0.454 e. The summed E-state index contributed by atoms with van der Waals surface area (Å²) in [6, 6.07) is 11.3. The number of allylic oxidation sites excluding steroid dienone is 1. The summed E-state index contributed by atoms with van der Waals surface area (Å²) in [6.07, 6.45) is 1.40. The number of benzene rings is 1. The van der Waals surface area contributed by atoms with E-state index in [1.54, 1.807) is 12.1 Å². The van der Waals surface area contributed by atoms with Gasteiger partial charge in [0.2, 0.25) is 5.70 Å². The third-order valence-electron chi connectivity index (χ3n) is 2.77. The van der Waals surface area contributed by atoms with Crippen molar-refractivity contribution in [3.05, 3.63) is 58.0 Å². The molecule has 3 rings (SSSR count). The van der Waals surface area contributed by atoms with Gasteiger partial charge in [-0.1, -0.05) is 12.1 Å². The summed E-state index contributed by atoms with van der Waals surface area (Å²) in [5.41, 5.74) is 0.956. The Kier molecular flexibility index (Phi) is 3.08. The maximum Gasteiger partial charge on any atom is 0.246 e.